The molecule has 9 heteroatoms. The Hall–Kier alpha value is -1.07. The Bertz CT molecular complexity index is 807. The van der Waals surface area contributed by atoms with E-state index in [1.54, 1.807) is 0 Å². The molecule has 0 amide bonds. The van der Waals surface area contributed by atoms with Gasteiger partial charge in [0.05, 0.1) is 19.8 Å². The Balaban J connectivity index is 2.24. The van der Waals surface area contributed by atoms with Gasteiger partial charge in [-0.05, 0) is 32.1 Å². The van der Waals surface area contributed by atoms with E-state index in [1.165, 1.54) is 122 Å². The summed E-state index contributed by atoms with van der Waals surface area (Å²) in [6, 6.07) is 0. The zero-order valence-electron chi connectivity index (χ0n) is 33.6. The van der Waals surface area contributed by atoms with Gasteiger partial charge in [-0.25, -0.2) is 0 Å². The summed E-state index contributed by atoms with van der Waals surface area (Å²) in [5, 5.41) is 40.0. The van der Waals surface area contributed by atoms with Crippen molar-refractivity contribution in [3.63, 3.8) is 0 Å². The Morgan fingerprint density at radius 2 is 1.08 bits per heavy atom. The number of esters is 1. The van der Waals surface area contributed by atoms with E-state index in [0.717, 1.165) is 51.4 Å². The molecule has 0 aromatic rings. The van der Waals surface area contributed by atoms with Gasteiger partial charge >= 0.3 is 5.97 Å². The molecule has 0 spiro atoms. The highest BCUT2D eigenvalue weighted by molar-refractivity contribution is 5.69. The predicted molar refractivity (Wildman–Crippen MR) is 210 cm³/mol. The van der Waals surface area contributed by atoms with Crippen molar-refractivity contribution in [2.45, 2.75) is 230 Å². The molecule has 52 heavy (non-hydrogen) atoms. The maximum absolute atomic E-state index is 12.7. The topological polar surface area (TPSA) is 135 Å². The van der Waals surface area contributed by atoms with Crippen LogP contribution in [0.25, 0.3) is 0 Å². The van der Waals surface area contributed by atoms with Crippen LogP contribution < -0.4 is 0 Å². The molecule has 1 fully saturated rings. The maximum Gasteiger partial charge on any atom is 0.306 e. The molecule has 1 rings (SSSR count). The SMILES string of the molecule is CCCC/C=C\CCCCCCCC(=O)OC(COCCCCCCCCCCCCCCCCCCCC)COC1OC(CO)C(O)C(O)C1O. The molecule has 6 atom stereocenters. The molecule has 0 radical (unpaired) electrons. The van der Waals surface area contributed by atoms with Crippen LogP contribution in [0.5, 0.6) is 0 Å². The normalized spacial score (nSPS) is 21.2. The van der Waals surface area contributed by atoms with Crippen LogP contribution in [0.1, 0.15) is 194 Å². The Labute approximate surface area is 318 Å². The minimum atomic E-state index is -1.53. The molecule has 4 N–H and O–H groups in total. The average Bonchev–Trinajstić information content (AvgIpc) is 3.14. The van der Waals surface area contributed by atoms with Crippen LogP contribution in [0.4, 0.5) is 0 Å². The fourth-order valence-electron chi connectivity index (χ4n) is 6.71. The van der Waals surface area contributed by atoms with Gasteiger partial charge in [0.15, 0.2) is 6.29 Å². The van der Waals surface area contributed by atoms with Gasteiger partial charge < -0.3 is 39.4 Å². The maximum atomic E-state index is 12.7. The van der Waals surface area contributed by atoms with Crippen molar-refractivity contribution >= 4 is 5.97 Å². The smallest absolute Gasteiger partial charge is 0.306 e. The van der Waals surface area contributed by atoms with Crippen LogP contribution >= 0.6 is 0 Å². The van der Waals surface area contributed by atoms with E-state index in [-0.39, 0.29) is 19.2 Å². The van der Waals surface area contributed by atoms with Gasteiger partial charge in [-0.15, -0.1) is 0 Å². The average molecular weight is 743 g/mol. The standard InChI is InChI=1S/C43H82O9/c1-3-5-7-9-11-13-15-16-17-18-19-20-21-23-25-27-29-31-33-49-35-37(36-50-43-42(48)41(47)40(46)38(34-44)52-43)51-39(45)32-30-28-26-24-22-14-12-10-8-6-4-2/h10,12,37-38,40-44,46-48H,3-9,11,13-36H2,1-2H3/b12-10-. The minimum absolute atomic E-state index is 0.112. The number of aliphatic hydroxyl groups is 4. The lowest BCUT2D eigenvalue weighted by Gasteiger charge is -2.39. The zero-order valence-corrected chi connectivity index (χ0v) is 33.6. The first-order valence-electron chi connectivity index (χ1n) is 21.8. The number of hydrogen-bond donors (Lipinski definition) is 4. The molecular weight excluding hydrogens is 660 g/mol. The zero-order chi connectivity index (χ0) is 37.9. The van der Waals surface area contributed by atoms with Crippen LogP contribution in [0, 0.1) is 0 Å². The van der Waals surface area contributed by atoms with Crippen molar-refractivity contribution in [2.24, 2.45) is 0 Å². The molecule has 308 valence electrons. The van der Waals surface area contributed by atoms with Gasteiger partial charge in [0.2, 0.25) is 0 Å². The number of allylic oxidation sites excluding steroid dienone is 2. The predicted octanol–water partition coefficient (Wildman–Crippen LogP) is 9.25. The van der Waals surface area contributed by atoms with Gasteiger partial charge in [-0.2, -0.15) is 0 Å². The summed E-state index contributed by atoms with van der Waals surface area (Å²) in [5.41, 5.74) is 0. The fraction of sp³-hybridized carbons (Fsp3) is 0.930. The van der Waals surface area contributed by atoms with Crippen molar-refractivity contribution in [1.82, 2.24) is 0 Å². The summed E-state index contributed by atoms with van der Waals surface area (Å²) in [7, 11) is 0. The van der Waals surface area contributed by atoms with Crippen LogP contribution in [0.2, 0.25) is 0 Å². The lowest BCUT2D eigenvalue weighted by molar-refractivity contribution is -0.305. The lowest BCUT2D eigenvalue weighted by Crippen LogP contribution is -2.59. The highest BCUT2D eigenvalue weighted by Gasteiger charge is 2.44. The largest absolute Gasteiger partial charge is 0.457 e. The molecule has 1 aliphatic rings. The third-order valence-electron chi connectivity index (χ3n) is 10.2. The molecule has 0 aromatic heterocycles. The van der Waals surface area contributed by atoms with Crippen LogP contribution in [-0.2, 0) is 23.7 Å². The monoisotopic (exact) mass is 743 g/mol. The highest BCUT2D eigenvalue weighted by atomic mass is 16.7. The van der Waals surface area contributed by atoms with E-state index >= 15 is 0 Å². The van der Waals surface area contributed by atoms with Crippen molar-refractivity contribution < 1.29 is 44.2 Å². The molecule has 6 unspecified atom stereocenters. The first-order valence-corrected chi connectivity index (χ1v) is 21.8. The number of carbonyl (C=O) groups excluding carboxylic acids is 1. The molecular formula is C43H82O9. The summed E-state index contributed by atoms with van der Waals surface area (Å²) in [4.78, 5) is 12.7. The molecule has 0 aromatic carbocycles. The Morgan fingerprint density at radius 3 is 1.62 bits per heavy atom. The number of carbonyl (C=O) groups is 1. The second-order valence-electron chi connectivity index (χ2n) is 15.1. The first kappa shape index (κ1) is 48.9. The highest BCUT2D eigenvalue weighted by Crippen LogP contribution is 2.22. The van der Waals surface area contributed by atoms with E-state index in [1.807, 2.05) is 0 Å². The second kappa shape index (κ2) is 35.6. The summed E-state index contributed by atoms with van der Waals surface area (Å²) < 4.78 is 22.8. The van der Waals surface area contributed by atoms with Gasteiger partial charge in [-0.3, -0.25) is 4.79 Å². The Kier molecular flexibility index (Phi) is 33.5. The molecule has 0 bridgehead atoms. The van der Waals surface area contributed by atoms with E-state index < -0.39 is 43.4 Å². The van der Waals surface area contributed by atoms with Crippen LogP contribution in [0.15, 0.2) is 12.2 Å². The summed E-state index contributed by atoms with van der Waals surface area (Å²) >= 11 is 0. The van der Waals surface area contributed by atoms with Gasteiger partial charge in [0.1, 0.15) is 30.5 Å². The van der Waals surface area contributed by atoms with Crippen LogP contribution in [-0.4, -0.2) is 89.6 Å². The summed E-state index contributed by atoms with van der Waals surface area (Å²) in [5.74, 6) is -0.321. The van der Waals surface area contributed by atoms with Crippen molar-refractivity contribution in [2.75, 3.05) is 26.4 Å². The Morgan fingerprint density at radius 1 is 0.596 bits per heavy atom. The van der Waals surface area contributed by atoms with Crippen molar-refractivity contribution in [3.05, 3.63) is 12.2 Å². The number of hydrogen-bond acceptors (Lipinski definition) is 9. The van der Waals surface area contributed by atoms with E-state index in [4.69, 9.17) is 18.9 Å². The molecule has 0 aliphatic carbocycles. The van der Waals surface area contributed by atoms with E-state index in [2.05, 4.69) is 26.0 Å². The van der Waals surface area contributed by atoms with Gasteiger partial charge in [-0.1, -0.05) is 167 Å². The van der Waals surface area contributed by atoms with E-state index in [9.17, 15) is 25.2 Å². The lowest BCUT2D eigenvalue weighted by atomic mass is 9.99. The number of rotatable bonds is 37. The van der Waals surface area contributed by atoms with Crippen molar-refractivity contribution in [1.29, 1.82) is 0 Å². The van der Waals surface area contributed by atoms with Gasteiger partial charge in [0.25, 0.3) is 0 Å². The summed E-state index contributed by atoms with van der Waals surface area (Å²) in [6.07, 6.45) is 31.0. The number of ether oxygens (including phenoxy) is 4. The number of aliphatic hydroxyl groups excluding tert-OH is 4. The third-order valence-corrected chi connectivity index (χ3v) is 10.2. The summed E-state index contributed by atoms with van der Waals surface area (Å²) in [6.45, 7) is 4.53. The first-order chi connectivity index (χ1) is 25.4. The second-order valence-corrected chi connectivity index (χ2v) is 15.1. The molecule has 1 saturated heterocycles. The molecule has 1 aliphatic heterocycles. The van der Waals surface area contributed by atoms with E-state index in [0.29, 0.717) is 13.0 Å². The van der Waals surface area contributed by atoms with Crippen molar-refractivity contribution in [3.8, 4) is 0 Å². The van der Waals surface area contributed by atoms with Gasteiger partial charge in [0, 0.05) is 13.0 Å². The molecule has 1 heterocycles. The molecule has 9 nitrogen and oxygen atoms in total. The number of unbranched alkanes of at least 4 members (excludes halogenated alkanes) is 24. The van der Waals surface area contributed by atoms with Crippen LogP contribution in [0.3, 0.4) is 0 Å². The molecule has 0 saturated carbocycles. The third kappa shape index (κ3) is 26.7. The minimum Gasteiger partial charge on any atom is -0.457 e. The fourth-order valence-corrected chi connectivity index (χ4v) is 6.71. The quantitative estimate of drug-likeness (QED) is 0.0279.